The Morgan fingerprint density at radius 3 is 2.70 bits per heavy atom. The Balaban J connectivity index is 1.67. The highest BCUT2D eigenvalue weighted by Crippen LogP contribution is 2.45. The van der Waals surface area contributed by atoms with Crippen LogP contribution in [0.1, 0.15) is 17.7 Å². The summed E-state index contributed by atoms with van der Waals surface area (Å²) in [5.41, 5.74) is 4.61. The van der Waals surface area contributed by atoms with Gasteiger partial charge < -0.3 is 4.90 Å². The van der Waals surface area contributed by atoms with Gasteiger partial charge in [-0.15, -0.1) is 0 Å². The van der Waals surface area contributed by atoms with Crippen molar-refractivity contribution in [2.24, 2.45) is 0 Å². The minimum absolute atomic E-state index is 0.176. The van der Waals surface area contributed by atoms with Gasteiger partial charge in [0.15, 0.2) is 0 Å². The summed E-state index contributed by atoms with van der Waals surface area (Å²) in [6.07, 6.45) is 12.3. The highest BCUT2D eigenvalue weighted by molar-refractivity contribution is 5.79. The molecule has 1 unspecified atom stereocenters. The van der Waals surface area contributed by atoms with Gasteiger partial charge in [-0.2, -0.15) is 0 Å². The molecule has 1 fully saturated rings. The number of pyridine rings is 1. The van der Waals surface area contributed by atoms with Gasteiger partial charge in [-0.3, -0.25) is 4.98 Å². The van der Waals surface area contributed by atoms with Crippen molar-refractivity contribution in [3.8, 4) is 0 Å². The van der Waals surface area contributed by atoms with Crippen LogP contribution in [0.15, 0.2) is 96.7 Å². The zero-order valence-electron chi connectivity index (χ0n) is 15.3. The predicted octanol–water partition coefficient (Wildman–Crippen LogP) is 5.35. The molecule has 0 spiro atoms. The number of benzene rings is 2. The molecule has 2 aliphatic heterocycles. The number of aromatic nitrogens is 1. The molecule has 2 aromatic carbocycles. The van der Waals surface area contributed by atoms with Crippen molar-refractivity contribution in [1.29, 1.82) is 0 Å². The summed E-state index contributed by atoms with van der Waals surface area (Å²) in [5, 5.41) is 1.19. The predicted molar refractivity (Wildman–Crippen MR) is 112 cm³/mol. The topological polar surface area (TPSA) is 16.1 Å². The van der Waals surface area contributed by atoms with Crippen LogP contribution in [0.4, 0.5) is 0 Å². The maximum absolute atomic E-state index is 5.09. The molecule has 3 heterocycles. The first kappa shape index (κ1) is 16.1. The molecule has 1 saturated heterocycles. The second-order valence-electron chi connectivity index (χ2n) is 7.28. The van der Waals surface area contributed by atoms with Crippen LogP contribution < -0.4 is 0 Å². The Morgan fingerprint density at radius 1 is 0.926 bits per heavy atom. The van der Waals surface area contributed by atoms with E-state index in [1.165, 1.54) is 16.6 Å². The summed E-state index contributed by atoms with van der Waals surface area (Å²) in [5.74, 6) is 0. The van der Waals surface area contributed by atoms with E-state index in [0.29, 0.717) is 0 Å². The third-order valence-corrected chi connectivity index (χ3v) is 5.71. The third kappa shape index (κ3) is 2.78. The second kappa shape index (κ2) is 6.55. The lowest BCUT2D eigenvalue weighted by Crippen LogP contribution is -2.29. The minimum Gasteiger partial charge on any atom is -0.370 e. The van der Waals surface area contributed by atoms with Gasteiger partial charge >= 0.3 is 0 Å². The lowest BCUT2D eigenvalue weighted by molar-refractivity contribution is 0.426. The zero-order chi connectivity index (χ0) is 18.1. The number of hydrogen-bond acceptors (Lipinski definition) is 2. The molecule has 2 aliphatic rings. The van der Waals surface area contributed by atoms with Crippen LogP contribution >= 0.6 is 0 Å². The van der Waals surface area contributed by atoms with Crippen LogP contribution in [0.25, 0.3) is 17.0 Å². The highest BCUT2D eigenvalue weighted by Gasteiger charge is 2.43. The fourth-order valence-electron chi connectivity index (χ4n) is 4.26. The molecule has 5 rings (SSSR count). The first-order valence-electron chi connectivity index (χ1n) is 9.58. The van der Waals surface area contributed by atoms with Crippen LogP contribution in [0.2, 0.25) is 0 Å². The Hall–Kier alpha value is -3.13. The molecular weight excluding hydrogens is 328 g/mol. The average molecular weight is 350 g/mol. The standard InChI is InChI=1S/C25H22N2/c1-2-8-20(9-3-1)15-16-25(17-19-27-18-7-6-12-24(25)27)23-14-13-21-10-4-5-11-22(21)26-23/h1-16H,17-19H2. The maximum Gasteiger partial charge on any atom is 0.0724 e. The minimum atomic E-state index is -0.176. The normalized spacial score (nSPS) is 21.6. The van der Waals surface area contributed by atoms with Gasteiger partial charge in [0.25, 0.3) is 0 Å². The summed E-state index contributed by atoms with van der Waals surface area (Å²) in [6.45, 7) is 2.05. The van der Waals surface area contributed by atoms with Crippen LogP contribution in [-0.4, -0.2) is 23.0 Å². The molecule has 27 heavy (non-hydrogen) atoms. The van der Waals surface area contributed by atoms with Crippen molar-refractivity contribution in [1.82, 2.24) is 9.88 Å². The van der Waals surface area contributed by atoms with E-state index < -0.39 is 0 Å². The largest absolute Gasteiger partial charge is 0.370 e. The monoisotopic (exact) mass is 350 g/mol. The summed E-state index contributed by atoms with van der Waals surface area (Å²) in [6, 6.07) is 23.3. The van der Waals surface area contributed by atoms with E-state index in [0.717, 1.165) is 30.7 Å². The van der Waals surface area contributed by atoms with E-state index in [4.69, 9.17) is 4.98 Å². The molecule has 2 nitrogen and oxygen atoms in total. The summed E-state index contributed by atoms with van der Waals surface area (Å²) < 4.78 is 0. The van der Waals surface area contributed by atoms with E-state index in [-0.39, 0.29) is 5.41 Å². The van der Waals surface area contributed by atoms with Gasteiger partial charge in [0, 0.05) is 24.2 Å². The number of nitrogens with zero attached hydrogens (tertiary/aromatic N) is 2. The number of allylic oxidation sites excluding steroid dienone is 3. The molecule has 0 amide bonds. The molecule has 0 N–H and O–H groups in total. The molecule has 0 radical (unpaired) electrons. The molecular formula is C25H22N2. The van der Waals surface area contributed by atoms with Crippen molar-refractivity contribution in [2.45, 2.75) is 11.8 Å². The Morgan fingerprint density at radius 2 is 1.78 bits per heavy atom. The summed E-state index contributed by atoms with van der Waals surface area (Å²) in [4.78, 5) is 7.57. The first-order valence-corrected chi connectivity index (χ1v) is 9.58. The molecule has 3 aromatic rings. The number of fused-ring (bicyclic) bond motifs is 2. The van der Waals surface area contributed by atoms with Crippen molar-refractivity contribution in [2.75, 3.05) is 13.1 Å². The van der Waals surface area contributed by atoms with Gasteiger partial charge in [-0.25, -0.2) is 0 Å². The number of para-hydroxylation sites is 1. The Labute approximate surface area is 160 Å². The Bertz CT molecular complexity index is 1060. The van der Waals surface area contributed by atoms with Crippen molar-refractivity contribution in [3.05, 3.63) is 108 Å². The first-order chi connectivity index (χ1) is 13.4. The number of hydrogen-bond donors (Lipinski definition) is 0. The van der Waals surface area contributed by atoms with Crippen molar-refractivity contribution >= 4 is 17.0 Å². The second-order valence-corrected chi connectivity index (χ2v) is 7.28. The quantitative estimate of drug-likeness (QED) is 0.633. The van der Waals surface area contributed by atoms with Crippen LogP contribution in [0, 0.1) is 0 Å². The summed E-state index contributed by atoms with van der Waals surface area (Å²) in [7, 11) is 0. The Kier molecular flexibility index (Phi) is 3.90. The van der Waals surface area contributed by atoms with E-state index in [2.05, 4.69) is 102 Å². The molecule has 1 aromatic heterocycles. The maximum atomic E-state index is 5.09. The van der Waals surface area contributed by atoms with E-state index in [1.54, 1.807) is 0 Å². The van der Waals surface area contributed by atoms with Crippen LogP contribution in [0.5, 0.6) is 0 Å². The fourth-order valence-corrected chi connectivity index (χ4v) is 4.26. The lowest BCUT2D eigenvalue weighted by atomic mass is 9.78. The summed E-state index contributed by atoms with van der Waals surface area (Å²) >= 11 is 0. The van der Waals surface area contributed by atoms with E-state index in [1.807, 2.05) is 0 Å². The molecule has 0 aliphatic carbocycles. The van der Waals surface area contributed by atoms with E-state index >= 15 is 0 Å². The zero-order valence-corrected chi connectivity index (χ0v) is 15.3. The smallest absolute Gasteiger partial charge is 0.0724 e. The third-order valence-electron chi connectivity index (χ3n) is 5.71. The van der Waals surface area contributed by atoms with Gasteiger partial charge in [0.2, 0.25) is 0 Å². The number of rotatable bonds is 3. The molecule has 2 heteroatoms. The molecule has 0 bridgehead atoms. The molecule has 0 saturated carbocycles. The van der Waals surface area contributed by atoms with Gasteiger partial charge in [0.05, 0.1) is 16.6 Å². The average Bonchev–Trinajstić information content (AvgIpc) is 3.13. The fraction of sp³-hybridized carbons (Fsp3) is 0.160. The van der Waals surface area contributed by atoms with Gasteiger partial charge in [-0.05, 0) is 30.2 Å². The van der Waals surface area contributed by atoms with Crippen molar-refractivity contribution < 1.29 is 0 Å². The van der Waals surface area contributed by atoms with Gasteiger partial charge in [-0.1, -0.05) is 78.9 Å². The van der Waals surface area contributed by atoms with Crippen LogP contribution in [0.3, 0.4) is 0 Å². The van der Waals surface area contributed by atoms with Crippen LogP contribution in [-0.2, 0) is 5.41 Å². The molecule has 1 atom stereocenters. The van der Waals surface area contributed by atoms with Crippen molar-refractivity contribution in [3.63, 3.8) is 0 Å². The lowest BCUT2D eigenvalue weighted by Gasteiger charge is -2.31. The SMILES string of the molecule is C1=CCN2CCC(C=Cc3ccccc3)(c3ccc4ccccc4n3)C2=C1. The van der Waals surface area contributed by atoms with Gasteiger partial charge in [0.1, 0.15) is 0 Å². The molecule has 132 valence electrons. The highest BCUT2D eigenvalue weighted by atomic mass is 15.2. The van der Waals surface area contributed by atoms with E-state index in [9.17, 15) is 0 Å².